The molecule has 7 heteroatoms. The smallest absolute Gasteiger partial charge is 0.391 e. The number of carbonyl (C=O) groups is 1. The van der Waals surface area contributed by atoms with E-state index in [4.69, 9.17) is 11.6 Å². The molecule has 116 valence electrons. The number of methoxy groups -OCH3 is 1. The number of carbonyl (C=O) groups excluding carboxylic acids is 1. The fraction of sp³-hybridized carbons (Fsp3) is 0.500. The number of alkyl halides is 3. The van der Waals surface area contributed by atoms with E-state index in [0.717, 1.165) is 0 Å². The zero-order valence-corrected chi connectivity index (χ0v) is 12.2. The van der Waals surface area contributed by atoms with Crippen LogP contribution < -0.4 is 4.90 Å². The summed E-state index contributed by atoms with van der Waals surface area (Å²) in [5.74, 6) is -1.78. The predicted octanol–water partition coefficient (Wildman–Crippen LogP) is 3.91. The largest absolute Gasteiger partial charge is 0.465 e. The van der Waals surface area contributed by atoms with Crippen LogP contribution in [0.15, 0.2) is 18.2 Å². The van der Waals surface area contributed by atoms with Crippen molar-refractivity contribution < 1.29 is 22.7 Å². The molecule has 0 aromatic heterocycles. The van der Waals surface area contributed by atoms with Crippen LogP contribution in [0.3, 0.4) is 0 Å². The van der Waals surface area contributed by atoms with Crippen LogP contribution in [0.2, 0.25) is 5.02 Å². The number of esters is 1. The summed E-state index contributed by atoms with van der Waals surface area (Å²) in [6.07, 6.45) is -3.99. The van der Waals surface area contributed by atoms with E-state index in [1.54, 1.807) is 12.1 Å². The van der Waals surface area contributed by atoms with Crippen molar-refractivity contribution in [2.75, 3.05) is 25.1 Å². The molecule has 1 aromatic rings. The molecule has 0 aliphatic carbocycles. The lowest BCUT2D eigenvalue weighted by molar-refractivity contribution is -0.179. The van der Waals surface area contributed by atoms with Gasteiger partial charge in [-0.25, -0.2) is 4.79 Å². The monoisotopic (exact) mass is 321 g/mol. The van der Waals surface area contributed by atoms with E-state index in [9.17, 15) is 18.0 Å². The van der Waals surface area contributed by atoms with E-state index in [-0.39, 0.29) is 23.4 Å². The molecule has 1 aliphatic rings. The van der Waals surface area contributed by atoms with E-state index in [0.29, 0.717) is 18.8 Å². The van der Waals surface area contributed by atoms with Gasteiger partial charge in [-0.3, -0.25) is 0 Å². The van der Waals surface area contributed by atoms with Crippen LogP contribution in [0.5, 0.6) is 0 Å². The summed E-state index contributed by atoms with van der Waals surface area (Å²) in [6.45, 7) is 0.635. The summed E-state index contributed by atoms with van der Waals surface area (Å²) in [4.78, 5) is 13.3. The van der Waals surface area contributed by atoms with E-state index in [1.165, 1.54) is 13.2 Å². The quantitative estimate of drug-likeness (QED) is 0.774. The van der Waals surface area contributed by atoms with Crippen LogP contribution in [-0.4, -0.2) is 32.3 Å². The van der Waals surface area contributed by atoms with Gasteiger partial charge in [0.2, 0.25) is 0 Å². The summed E-state index contributed by atoms with van der Waals surface area (Å²) in [5, 5.41) is 0.234. The van der Waals surface area contributed by atoms with Gasteiger partial charge < -0.3 is 9.64 Å². The molecule has 0 atom stereocenters. The molecule has 2 rings (SSSR count). The Morgan fingerprint density at radius 1 is 1.33 bits per heavy atom. The van der Waals surface area contributed by atoms with Gasteiger partial charge in [0.05, 0.1) is 23.6 Å². The molecule has 0 radical (unpaired) electrons. The highest BCUT2D eigenvalue weighted by Gasteiger charge is 2.41. The minimum absolute atomic E-state index is 0.0693. The number of nitrogens with zero attached hydrogens (tertiary/aromatic N) is 1. The van der Waals surface area contributed by atoms with E-state index >= 15 is 0 Å². The number of rotatable bonds is 2. The normalized spacial score (nSPS) is 16.9. The first-order valence-corrected chi connectivity index (χ1v) is 6.90. The number of piperidine rings is 1. The van der Waals surface area contributed by atoms with Crippen LogP contribution >= 0.6 is 11.6 Å². The van der Waals surface area contributed by atoms with Gasteiger partial charge >= 0.3 is 12.1 Å². The Kier molecular flexibility index (Phi) is 4.66. The number of hydrogen-bond donors (Lipinski definition) is 0. The highest BCUT2D eigenvalue weighted by Crippen LogP contribution is 2.36. The Morgan fingerprint density at radius 3 is 2.43 bits per heavy atom. The lowest BCUT2D eigenvalue weighted by Gasteiger charge is -2.34. The van der Waals surface area contributed by atoms with Crippen LogP contribution in [0, 0.1) is 5.92 Å². The number of ether oxygens (including phenoxy) is 1. The zero-order chi connectivity index (χ0) is 15.6. The number of halogens is 4. The van der Waals surface area contributed by atoms with Gasteiger partial charge in [-0.2, -0.15) is 13.2 Å². The fourth-order valence-corrected chi connectivity index (χ4v) is 2.69. The van der Waals surface area contributed by atoms with Gasteiger partial charge in [0.1, 0.15) is 0 Å². The van der Waals surface area contributed by atoms with Gasteiger partial charge in [-0.1, -0.05) is 11.6 Å². The third kappa shape index (κ3) is 3.61. The minimum Gasteiger partial charge on any atom is -0.465 e. The topological polar surface area (TPSA) is 29.5 Å². The molecule has 0 spiro atoms. The summed E-state index contributed by atoms with van der Waals surface area (Å²) in [7, 11) is 1.26. The molecule has 1 aromatic carbocycles. The molecule has 1 aliphatic heterocycles. The Hall–Kier alpha value is -1.43. The van der Waals surface area contributed by atoms with Gasteiger partial charge in [0, 0.05) is 18.8 Å². The first kappa shape index (κ1) is 15.9. The molecule has 1 heterocycles. The van der Waals surface area contributed by atoms with Crippen LogP contribution in [0.4, 0.5) is 18.9 Å². The summed E-state index contributed by atoms with van der Waals surface area (Å²) >= 11 is 6.02. The molecule has 0 unspecified atom stereocenters. The van der Waals surface area contributed by atoms with Crippen molar-refractivity contribution in [2.24, 2.45) is 5.92 Å². The maximum atomic E-state index is 12.6. The molecule has 0 amide bonds. The zero-order valence-electron chi connectivity index (χ0n) is 11.4. The molecular weight excluding hydrogens is 307 g/mol. The number of benzene rings is 1. The Balaban J connectivity index is 2.08. The van der Waals surface area contributed by atoms with E-state index in [1.807, 2.05) is 4.90 Å². The standard InChI is InChI=1S/C14H15ClF3NO2/c1-21-13(20)11-3-2-10(8-12(11)15)19-6-4-9(5-7-19)14(16,17)18/h2-3,8-9H,4-7H2,1H3. The van der Waals surface area contributed by atoms with Gasteiger partial charge in [-0.15, -0.1) is 0 Å². The Morgan fingerprint density at radius 2 is 1.95 bits per heavy atom. The average Bonchev–Trinajstić information content (AvgIpc) is 2.45. The molecule has 0 bridgehead atoms. The first-order chi connectivity index (χ1) is 9.82. The summed E-state index contributed by atoms with van der Waals surface area (Å²) in [6, 6.07) is 4.78. The van der Waals surface area contributed by atoms with Gasteiger partial charge in [0.15, 0.2) is 0 Å². The van der Waals surface area contributed by atoms with Crippen molar-refractivity contribution in [3.63, 3.8) is 0 Å². The van der Waals surface area contributed by atoms with E-state index < -0.39 is 18.1 Å². The molecule has 1 saturated heterocycles. The maximum absolute atomic E-state index is 12.6. The maximum Gasteiger partial charge on any atom is 0.391 e. The average molecular weight is 322 g/mol. The minimum atomic E-state index is -4.13. The number of hydrogen-bond acceptors (Lipinski definition) is 3. The van der Waals surface area contributed by atoms with Crippen LogP contribution in [0.1, 0.15) is 23.2 Å². The van der Waals surface area contributed by atoms with Crippen molar-refractivity contribution in [3.8, 4) is 0 Å². The lowest BCUT2D eigenvalue weighted by Crippen LogP contribution is -2.39. The molecular formula is C14H15ClF3NO2. The van der Waals surface area contributed by atoms with Crippen LogP contribution in [-0.2, 0) is 4.74 Å². The third-order valence-electron chi connectivity index (χ3n) is 3.68. The summed E-state index contributed by atoms with van der Waals surface area (Å²) < 4.78 is 42.5. The summed E-state index contributed by atoms with van der Waals surface area (Å²) in [5.41, 5.74) is 0.960. The molecule has 21 heavy (non-hydrogen) atoms. The second-order valence-electron chi connectivity index (χ2n) is 4.96. The SMILES string of the molecule is COC(=O)c1ccc(N2CCC(C(F)(F)F)CC2)cc1Cl. The van der Waals surface area contributed by atoms with Crippen molar-refractivity contribution in [3.05, 3.63) is 28.8 Å². The molecule has 0 saturated carbocycles. The van der Waals surface area contributed by atoms with Crippen molar-refractivity contribution in [2.45, 2.75) is 19.0 Å². The van der Waals surface area contributed by atoms with Crippen molar-refractivity contribution in [1.29, 1.82) is 0 Å². The predicted molar refractivity (Wildman–Crippen MR) is 73.8 cm³/mol. The van der Waals surface area contributed by atoms with Crippen LogP contribution in [0.25, 0.3) is 0 Å². The Bertz CT molecular complexity index is 525. The van der Waals surface area contributed by atoms with Crippen molar-refractivity contribution >= 4 is 23.3 Å². The van der Waals surface area contributed by atoms with Gasteiger partial charge in [0.25, 0.3) is 0 Å². The first-order valence-electron chi connectivity index (χ1n) is 6.52. The lowest BCUT2D eigenvalue weighted by atomic mass is 9.96. The third-order valence-corrected chi connectivity index (χ3v) is 3.99. The molecule has 1 fully saturated rings. The Labute approximate surface area is 125 Å². The molecule has 0 N–H and O–H groups in total. The molecule has 3 nitrogen and oxygen atoms in total. The van der Waals surface area contributed by atoms with Gasteiger partial charge in [-0.05, 0) is 31.0 Å². The number of anilines is 1. The highest BCUT2D eigenvalue weighted by molar-refractivity contribution is 6.33. The second-order valence-corrected chi connectivity index (χ2v) is 5.37. The fourth-order valence-electron chi connectivity index (χ4n) is 2.44. The van der Waals surface area contributed by atoms with E-state index in [2.05, 4.69) is 4.74 Å². The second kappa shape index (κ2) is 6.13. The highest BCUT2D eigenvalue weighted by atomic mass is 35.5. The van der Waals surface area contributed by atoms with Crippen molar-refractivity contribution in [1.82, 2.24) is 0 Å².